The molecule has 1 amide bonds. The minimum atomic E-state index is -0.0259. The van der Waals surface area contributed by atoms with Gasteiger partial charge in [0.25, 0.3) is 0 Å². The molecule has 0 unspecified atom stereocenters. The van der Waals surface area contributed by atoms with E-state index in [0.717, 1.165) is 28.9 Å². The van der Waals surface area contributed by atoms with Crippen LogP contribution in [0, 0.1) is 0 Å². The summed E-state index contributed by atoms with van der Waals surface area (Å²) in [6.45, 7) is 0.508. The van der Waals surface area contributed by atoms with E-state index in [1.807, 2.05) is 42.5 Å². The molecule has 28 heavy (non-hydrogen) atoms. The molecule has 7 heteroatoms. The molecule has 0 saturated heterocycles. The fourth-order valence-electron chi connectivity index (χ4n) is 2.99. The van der Waals surface area contributed by atoms with Crippen LogP contribution < -0.4 is 5.32 Å². The molecule has 0 radical (unpaired) electrons. The number of halogens is 1. The van der Waals surface area contributed by atoms with Crippen molar-refractivity contribution >= 4 is 44.9 Å². The molecule has 0 aliphatic heterocycles. The third-order valence-electron chi connectivity index (χ3n) is 4.39. The van der Waals surface area contributed by atoms with E-state index in [0.29, 0.717) is 23.8 Å². The highest BCUT2D eigenvalue weighted by atomic mass is 35.5. The first-order valence-electron chi connectivity index (χ1n) is 9.08. The molecule has 1 N–H and O–H groups in total. The van der Waals surface area contributed by atoms with Gasteiger partial charge in [-0.05, 0) is 36.6 Å². The summed E-state index contributed by atoms with van der Waals surface area (Å²) in [5.41, 5.74) is 1.98. The van der Waals surface area contributed by atoms with Gasteiger partial charge in [0.05, 0.1) is 28.0 Å². The smallest absolute Gasteiger partial charge is 0.225 e. The van der Waals surface area contributed by atoms with E-state index in [1.54, 1.807) is 28.3 Å². The van der Waals surface area contributed by atoms with E-state index in [2.05, 4.69) is 21.5 Å². The number of anilines is 1. The maximum Gasteiger partial charge on any atom is 0.225 e. The number of rotatable bonds is 7. The van der Waals surface area contributed by atoms with Gasteiger partial charge in [-0.25, -0.2) is 9.67 Å². The van der Waals surface area contributed by atoms with Gasteiger partial charge >= 0.3 is 0 Å². The number of hydrogen-bond acceptors (Lipinski definition) is 4. The monoisotopic (exact) mass is 410 g/mol. The van der Waals surface area contributed by atoms with Crippen molar-refractivity contribution in [3.05, 3.63) is 76.4 Å². The van der Waals surface area contributed by atoms with Crippen molar-refractivity contribution in [2.24, 2.45) is 0 Å². The second kappa shape index (κ2) is 8.54. The van der Waals surface area contributed by atoms with Gasteiger partial charge in [-0.2, -0.15) is 5.10 Å². The van der Waals surface area contributed by atoms with Crippen LogP contribution in [0.1, 0.15) is 23.4 Å². The first kappa shape index (κ1) is 18.7. The van der Waals surface area contributed by atoms with E-state index in [9.17, 15) is 4.79 Å². The Bertz CT molecular complexity index is 1070. The third-order valence-corrected chi connectivity index (χ3v) is 5.86. The molecule has 0 atom stereocenters. The lowest BCUT2D eigenvalue weighted by molar-refractivity contribution is -0.116. The van der Waals surface area contributed by atoms with Crippen molar-refractivity contribution in [1.82, 2.24) is 14.8 Å². The molecule has 5 nitrogen and oxygen atoms in total. The number of nitrogens with one attached hydrogen (secondary N) is 1. The number of hydrogen-bond donors (Lipinski definition) is 1. The Hall–Kier alpha value is -2.70. The zero-order valence-electron chi connectivity index (χ0n) is 15.1. The molecular weight excluding hydrogens is 392 g/mol. The third kappa shape index (κ3) is 4.40. The molecule has 4 aromatic rings. The predicted octanol–water partition coefficient (Wildman–Crippen LogP) is 5.16. The van der Waals surface area contributed by atoms with Crippen LogP contribution in [0.25, 0.3) is 10.2 Å². The molecular formula is C21H19ClN4OS. The van der Waals surface area contributed by atoms with Crippen LogP contribution in [0.15, 0.2) is 60.8 Å². The quantitative estimate of drug-likeness (QED) is 0.458. The summed E-state index contributed by atoms with van der Waals surface area (Å²) in [5.74, 6) is 0.645. The van der Waals surface area contributed by atoms with Gasteiger partial charge in [0, 0.05) is 17.5 Å². The maximum absolute atomic E-state index is 12.3. The number of para-hydroxylation sites is 1. The Balaban J connectivity index is 1.32. The average molecular weight is 411 g/mol. The lowest BCUT2D eigenvalue weighted by Gasteiger charge is -2.10. The van der Waals surface area contributed by atoms with Crippen molar-refractivity contribution in [1.29, 1.82) is 0 Å². The predicted molar refractivity (Wildman–Crippen MR) is 114 cm³/mol. The lowest BCUT2D eigenvalue weighted by Crippen LogP contribution is -2.16. The Morgan fingerprint density at radius 1 is 1.11 bits per heavy atom. The van der Waals surface area contributed by atoms with Crippen LogP contribution in [0.2, 0.25) is 5.02 Å². The Morgan fingerprint density at radius 3 is 2.79 bits per heavy atom. The minimum absolute atomic E-state index is 0.0259. The van der Waals surface area contributed by atoms with Gasteiger partial charge in [-0.3, -0.25) is 4.79 Å². The van der Waals surface area contributed by atoms with Crippen LogP contribution in [0.5, 0.6) is 0 Å². The standard InChI is InChI=1S/C21H19ClN4OS/c22-16-7-2-1-6-15(16)14-26-19(12-13-23-26)25-20(27)10-5-11-21-24-17-8-3-4-9-18(17)28-21/h1-4,6-9,12-13H,5,10-11,14H2,(H,25,27). The van der Waals surface area contributed by atoms with Crippen molar-refractivity contribution in [2.75, 3.05) is 5.32 Å². The summed E-state index contributed by atoms with van der Waals surface area (Å²) in [7, 11) is 0. The highest BCUT2D eigenvalue weighted by molar-refractivity contribution is 7.18. The number of amides is 1. The van der Waals surface area contributed by atoms with Gasteiger partial charge in [0.1, 0.15) is 5.82 Å². The molecule has 0 saturated carbocycles. The second-order valence-corrected chi connectivity index (χ2v) is 7.96. The minimum Gasteiger partial charge on any atom is -0.311 e. The van der Waals surface area contributed by atoms with E-state index in [-0.39, 0.29) is 5.91 Å². The Labute approximate surface area is 172 Å². The molecule has 2 aromatic heterocycles. The maximum atomic E-state index is 12.3. The molecule has 2 heterocycles. The zero-order valence-corrected chi connectivity index (χ0v) is 16.7. The van der Waals surface area contributed by atoms with Gasteiger partial charge in [0.15, 0.2) is 0 Å². The summed E-state index contributed by atoms with van der Waals surface area (Å²) in [6.07, 6.45) is 3.66. The summed E-state index contributed by atoms with van der Waals surface area (Å²) >= 11 is 7.91. The first-order valence-corrected chi connectivity index (χ1v) is 10.3. The summed E-state index contributed by atoms with van der Waals surface area (Å²) in [5, 5.41) is 8.99. The SMILES string of the molecule is O=C(CCCc1nc2ccccc2s1)Nc1ccnn1Cc1ccccc1Cl. The van der Waals surface area contributed by atoms with Gasteiger partial charge < -0.3 is 5.32 Å². The molecule has 2 aromatic carbocycles. The molecule has 0 bridgehead atoms. The first-order chi connectivity index (χ1) is 13.7. The molecule has 0 aliphatic carbocycles. The largest absolute Gasteiger partial charge is 0.311 e. The highest BCUT2D eigenvalue weighted by Crippen LogP contribution is 2.23. The zero-order chi connectivity index (χ0) is 19.3. The number of aryl methyl sites for hydroxylation is 1. The van der Waals surface area contributed by atoms with E-state index in [4.69, 9.17) is 11.6 Å². The summed E-state index contributed by atoms with van der Waals surface area (Å²) < 4.78 is 2.93. The molecule has 142 valence electrons. The molecule has 0 aliphatic rings. The van der Waals surface area contributed by atoms with Gasteiger partial charge in [-0.15, -0.1) is 11.3 Å². The number of thiazole rings is 1. The van der Waals surface area contributed by atoms with Crippen LogP contribution in [-0.4, -0.2) is 20.7 Å². The van der Waals surface area contributed by atoms with Gasteiger partial charge in [0.2, 0.25) is 5.91 Å². The van der Waals surface area contributed by atoms with Crippen molar-refractivity contribution < 1.29 is 4.79 Å². The number of carbonyl (C=O) groups excluding carboxylic acids is 1. The van der Waals surface area contributed by atoms with Crippen LogP contribution in [-0.2, 0) is 17.8 Å². The second-order valence-electron chi connectivity index (χ2n) is 6.44. The van der Waals surface area contributed by atoms with Crippen molar-refractivity contribution in [2.45, 2.75) is 25.8 Å². The Kier molecular flexibility index (Phi) is 5.69. The number of fused-ring (bicyclic) bond motifs is 1. The number of carbonyl (C=O) groups is 1. The molecule has 0 fully saturated rings. The van der Waals surface area contributed by atoms with E-state index >= 15 is 0 Å². The van der Waals surface area contributed by atoms with Crippen LogP contribution in [0.3, 0.4) is 0 Å². The normalized spacial score (nSPS) is 11.0. The van der Waals surface area contributed by atoms with E-state index < -0.39 is 0 Å². The Morgan fingerprint density at radius 2 is 1.93 bits per heavy atom. The number of nitrogens with zero attached hydrogens (tertiary/aromatic N) is 3. The number of benzene rings is 2. The lowest BCUT2D eigenvalue weighted by atomic mass is 10.2. The fraction of sp³-hybridized carbons (Fsp3) is 0.190. The summed E-state index contributed by atoms with van der Waals surface area (Å²) in [4.78, 5) is 17.0. The highest BCUT2D eigenvalue weighted by Gasteiger charge is 2.10. The molecule has 0 spiro atoms. The van der Waals surface area contributed by atoms with Crippen LogP contribution in [0.4, 0.5) is 5.82 Å². The van der Waals surface area contributed by atoms with Crippen LogP contribution >= 0.6 is 22.9 Å². The molecule has 4 rings (SSSR count). The summed E-state index contributed by atoms with van der Waals surface area (Å²) in [6, 6.07) is 17.5. The topological polar surface area (TPSA) is 59.8 Å². The van der Waals surface area contributed by atoms with Crippen molar-refractivity contribution in [3.8, 4) is 0 Å². The van der Waals surface area contributed by atoms with Gasteiger partial charge in [-0.1, -0.05) is 41.9 Å². The fourth-order valence-corrected chi connectivity index (χ4v) is 4.19. The van der Waals surface area contributed by atoms with Crippen molar-refractivity contribution in [3.63, 3.8) is 0 Å². The van der Waals surface area contributed by atoms with E-state index in [1.165, 1.54) is 4.70 Å². The average Bonchev–Trinajstić information content (AvgIpc) is 3.30. The number of aromatic nitrogens is 3.